The molecule has 0 unspecified atom stereocenters. The maximum atomic E-state index is 12.7. The Morgan fingerprint density at radius 2 is 1.83 bits per heavy atom. The van der Waals surface area contributed by atoms with Crippen LogP contribution >= 0.6 is 0 Å². The number of anilines is 2. The number of carbonyl (C=O) groups excluding carboxylic acids is 1. The Bertz CT molecular complexity index is 1160. The molecule has 2 heterocycles. The second-order valence-electron chi connectivity index (χ2n) is 7.35. The van der Waals surface area contributed by atoms with Gasteiger partial charge in [-0.3, -0.25) is 9.20 Å². The molecule has 5 nitrogen and oxygen atoms in total. The summed E-state index contributed by atoms with van der Waals surface area (Å²) in [5.41, 5.74) is 6.87. The number of pyridine rings is 1. The summed E-state index contributed by atoms with van der Waals surface area (Å²) in [5.74, 6) is -0.183. The zero-order valence-corrected chi connectivity index (χ0v) is 16.9. The molecule has 0 aliphatic rings. The van der Waals surface area contributed by atoms with Gasteiger partial charge in [0, 0.05) is 25.5 Å². The van der Waals surface area contributed by atoms with Gasteiger partial charge in [-0.2, -0.15) is 0 Å². The second kappa shape index (κ2) is 7.80. The van der Waals surface area contributed by atoms with Gasteiger partial charge < -0.3 is 10.2 Å². The van der Waals surface area contributed by atoms with Crippen molar-refractivity contribution in [1.29, 1.82) is 0 Å². The molecule has 4 rings (SSSR count). The van der Waals surface area contributed by atoms with E-state index in [4.69, 9.17) is 0 Å². The number of benzene rings is 2. The summed E-state index contributed by atoms with van der Waals surface area (Å²) in [7, 11) is 2.05. The van der Waals surface area contributed by atoms with Crippen LogP contribution in [0.5, 0.6) is 0 Å². The van der Waals surface area contributed by atoms with Gasteiger partial charge >= 0.3 is 0 Å². The minimum atomic E-state index is -0.183. The average molecular weight is 384 g/mol. The fourth-order valence-electron chi connectivity index (χ4n) is 3.35. The number of amides is 1. The Balaban J connectivity index is 1.59. The zero-order chi connectivity index (χ0) is 20.4. The van der Waals surface area contributed by atoms with E-state index >= 15 is 0 Å². The predicted octanol–water partition coefficient (Wildman–Crippen LogP) is 4.84. The third-order valence-corrected chi connectivity index (χ3v) is 5.19. The minimum Gasteiger partial charge on any atom is -0.369 e. The van der Waals surface area contributed by atoms with Crippen LogP contribution in [-0.2, 0) is 6.54 Å². The molecule has 146 valence electrons. The van der Waals surface area contributed by atoms with Gasteiger partial charge in [-0.15, -0.1) is 0 Å². The highest BCUT2D eigenvalue weighted by Crippen LogP contribution is 2.20. The molecule has 29 heavy (non-hydrogen) atoms. The van der Waals surface area contributed by atoms with Gasteiger partial charge in [0.1, 0.15) is 11.3 Å². The number of nitrogens with zero attached hydrogens (tertiary/aromatic N) is 3. The monoisotopic (exact) mass is 384 g/mol. The maximum absolute atomic E-state index is 12.7. The summed E-state index contributed by atoms with van der Waals surface area (Å²) in [5, 5.41) is 2.92. The van der Waals surface area contributed by atoms with E-state index in [0.717, 1.165) is 23.6 Å². The molecule has 2 aromatic heterocycles. The first-order chi connectivity index (χ1) is 14.0. The average Bonchev–Trinajstić information content (AvgIpc) is 3.15. The third-order valence-electron chi connectivity index (χ3n) is 5.19. The van der Waals surface area contributed by atoms with Crippen LogP contribution in [0.4, 0.5) is 11.4 Å². The summed E-state index contributed by atoms with van der Waals surface area (Å²) < 4.78 is 1.84. The molecule has 0 fully saturated rings. The van der Waals surface area contributed by atoms with Crippen LogP contribution in [-0.4, -0.2) is 22.3 Å². The zero-order valence-electron chi connectivity index (χ0n) is 16.9. The van der Waals surface area contributed by atoms with Gasteiger partial charge in [0.05, 0.1) is 11.9 Å². The smallest absolute Gasteiger partial charge is 0.274 e. The molecule has 0 saturated heterocycles. The maximum Gasteiger partial charge on any atom is 0.274 e. The van der Waals surface area contributed by atoms with Crippen LogP contribution in [0.2, 0.25) is 0 Å². The third kappa shape index (κ3) is 3.99. The number of carbonyl (C=O) groups is 1. The Morgan fingerprint density at radius 3 is 2.59 bits per heavy atom. The largest absolute Gasteiger partial charge is 0.369 e. The first-order valence-electron chi connectivity index (χ1n) is 9.62. The molecule has 4 aromatic rings. The molecular weight excluding hydrogens is 360 g/mol. The Labute approximate surface area is 170 Å². The van der Waals surface area contributed by atoms with Crippen LogP contribution in [0.25, 0.3) is 5.65 Å². The van der Waals surface area contributed by atoms with Crippen molar-refractivity contribution in [2.75, 3.05) is 17.3 Å². The summed E-state index contributed by atoms with van der Waals surface area (Å²) in [6, 6.07) is 19.9. The molecule has 0 atom stereocenters. The van der Waals surface area contributed by atoms with Crippen molar-refractivity contribution in [3.05, 3.63) is 95.4 Å². The number of hydrogen-bond donors (Lipinski definition) is 1. The molecule has 0 aliphatic carbocycles. The standard InChI is InChI=1S/C24H24N4O/c1-17-9-10-19(13-18(17)2)15-27(3)21-11-12-23-25-14-22(28(23)16-21)24(29)26-20-7-5-4-6-8-20/h4-14,16H,15H2,1-3H3,(H,26,29). The number of imidazole rings is 1. The number of rotatable bonds is 5. The van der Waals surface area contributed by atoms with E-state index in [1.165, 1.54) is 16.7 Å². The van der Waals surface area contributed by atoms with Gasteiger partial charge in [-0.1, -0.05) is 36.4 Å². The van der Waals surface area contributed by atoms with Crippen molar-refractivity contribution < 1.29 is 4.79 Å². The van der Waals surface area contributed by atoms with E-state index in [1.54, 1.807) is 6.20 Å². The molecule has 0 aliphatic heterocycles. The topological polar surface area (TPSA) is 49.6 Å². The Kier molecular flexibility index (Phi) is 5.04. The number of nitrogens with one attached hydrogen (secondary N) is 1. The van der Waals surface area contributed by atoms with Crippen molar-refractivity contribution in [2.45, 2.75) is 20.4 Å². The number of fused-ring (bicyclic) bond motifs is 1. The quantitative estimate of drug-likeness (QED) is 0.536. The minimum absolute atomic E-state index is 0.183. The summed E-state index contributed by atoms with van der Waals surface area (Å²) in [4.78, 5) is 19.3. The van der Waals surface area contributed by atoms with E-state index in [1.807, 2.05) is 53.1 Å². The van der Waals surface area contributed by atoms with Gasteiger partial charge in [-0.05, 0) is 54.8 Å². The Morgan fingerprint density at radius 1 is 1.03 bits per heavy atom. The van der Waals surface area contributed by atoms with E-state index in [9.17, 15) is 4.79 Å². The number of aromatic nitrogens is 2. The van der Waals surface area contributed by atoms with Crippen molar-refractivity contribution in [3.63, 3.8) is 0 Å². The Hall–Kier alpha value is -3.60. The molecule has 0 bridgehead atoms. The molecule has 5 heteroatoms. The first-order valence-corrected chi connectivity index (χ1v) is 9.62. The highest BCUT2D eigenvalue weighted by molar-refractivity contribution is 6.03. The lowest BCUT2D eigenvalue weighted by Crippen LogP contribution is -2.18. The van der Waals surface area contributed by atoms with Crippen LogP contribution in [0.15, 0.2) is 73.1 Å². The van der Waals surface area contributed by atoms with Gasteiger partial charge in [-0.25, -0.2) is 4.98 Å². The normalized spacial score (nSPS) is 10.9. The summed E-state index contributed by atoms with van der Waals surface area (Å²) in [6.07, 6.45) is 3.57. The molecule has 1 N–H and O–H groups in total. The molecular formula is C24H24N4O. The second-order valence-corrected chi connectivity index (χ2v) is 7.35. The number of para-hydroxylation sites is 1. The SMILES string of the molecule is Cc1ccc(CN(C)c2ccc3ncc(C(=O)Nc4ccccc4)n3c2)cc1C. The van der Waals surface area contributed by atoms with Crippen molar-refractivity contribution >= 4 is 22.9 Å². The van der Waals surface area contributed by atoms with E-state index in [0.29, 0.717) is 5.69 Å². The van der Waals surface area contributed by atoms with Crippen LogP contribution in [0, 0.1) is 13.8 Å². The lowest BCUT2D eigenvalue weighted by atomic mass is 10.1. The van der Waals surface area contributed by atoms with Crippen molar-refractivity contribution in [3.8, 4) is 0 Å². The fraction of sp³-hybridized carbons (Fsp3) is 0.167. The molecule has 0 saturated carbocycles. The van der Waals surface area contributed by atoms with Crippen molar-refractivity contribution in [1.82, 2.24) is 9.38 Å². The fourth-order valence-corrected chi connectivity index (χ4v) is 3.35. The summed E-state index contributed by atoms with van der Waals surface area (Å²) in [6.45, 7) is 5.04. The van der Waals surface area contributed by atoms with E-state index in [-0.39, 0.29) is 5.91 Å². The van der Waals surface area contributed by atoms with E-state index in [2.05, 4.69) is 54.3 Å². The molecule has 0 spiro atoms. The lowest BCUT2D eigenvalue weighted by Gasteiger charge is -2.20. The summed E-state index contributed by atoms with van der Waals surface area (Å²) >= 11 is 0. The highest BCUT2D eigenvalue weighted by Gasteiger charge is 2.14. The lowest BCUT2D eigenvalue weighted by molar-refractivity contribution is 0.102. The van der Waals surface area contributed by atoms with Crippen LogP contribution in [0.3, 0.4) is 0 Å². The highest BCUT2D eigenvalue weighted by atomic mass is 16.1. The van der Waals surface area contributed by atoms with Gasteiger partial charge in [0.15, 0.2) is 0 Å². The van der Waals surface area contributed by atoms with Gasteiger partial charge in [0.25, 0.3) is 5.91 Å². The molecule has 2 aromatic carbocycles. The number of hydrogen-bond acceptors (Lipinski definition) is 3. The van der Waals surface area contributed by atoms with Crippen LogP contribution < -0.4 is 10.2 Å². The molecule has 0 radical (unpaired) electrons. The van der Waals surface area contributed by atoms with Gasteiger partial charge in [0.2, 0.25) is 0 Å². The number of aryl methyl sites for hydroxylation is 2. The van der Waals surface area contributed by atoms with Crippen molar-refractivity contribution in [2.24, 2.45) is 0 Å². The van der Waals surface area contributed by atoms with Crippen LogP contribution in [0.1, 0.15) is 27.2 Å². The molecule has 1 amide bonds. The van der Waals surface area contributed by atoms with E-state index < -0.39 is 0 Å². The first kappa shape index (κ1) is 18.7. The predicted molar refractivity (Wildman–Crippen MR) is 118 cm³/mol.